The average Bonchev–Trinajstić information content (AvgIpc) is 3.37. The predicted molar refractivity (Wildman–Crippen MR) is 139 cm³/mol. The highest BCUT2D eigenvalue weighted by Gasteiger charge is 2.57. The third kappa shape index (κ3) is 5.15. The maximum Gasteiger partial charge on any atom is 0.424 e. The lowest BCUT2D eigenvalue weighted by atomic mass is 9.92. The van der Waals surface area contributed by atoms with Gasteiger partial charge in [-0.15, -0.1) is 0 Å². The van der Waals surface area contributed by atoms with Crippen LogP contribution in [0.3, 0.4) is 0 Å². The monoisotopic (exact) mass is 573 g/mol. The van der Waals surface area contributed by atoms with Crippen LogP contribution in [0.5, 0.6) is 11.5 Å². The van der Waals surface area contributed by atoms with E-state index < -0.39 is 48.3 Å². The van der Waals surface area contributed by atoms with Gasteiger partial charge in [-0.25, -0.2) is 9.37 Å². The Balaban J connectivity index is 1.54. The number of hydrogen-bond donors (Lipinski definition) is 2. The third-order valence-electron chi connectivity index (χ3n) is 6.94. The summed E-state index contributed by atoms with van der Waals surface area (Å²) < 4.78 is 81.7. The van der Waals surface area contributed by atoms with Crippen LogP contribution >= 0.6 is 0 Å². The molecule has 2 atom stereocenters. The summed E-state index contributed by atoms with van der Waals surface area (Å²) in [5, 5.41) is 13.8. The van der Waals surface area contributed by atoms with Crippen molar-refractivity contribution in [1.29, 1.82) is 0 Å². The SMILES string of the molecule is COc1cc(C(=O)NC[C@](O)(c2cc3c(c(-c4ccc(F)cc4)n2)OCC3CF)C(F)(F)F)cc2cc(C)cnc12. The molecule has 1 amide bonds. The summed E-state index contributed by atoms with van der Waals surface area (Å²) in [6.45, 7) is -0.599. The average molecular weight is 574 g/mol. The van der Waals surface area contributed by atoms with Crippen LogP contribution in [-0.2, 0) is 5.60 Å². The van der Waals surface area contributed by atoms with Crippen molar-refractivity contribution in [3.05, 3.63) is 82.9 Å². The van der Waals surface area contributed by atoms with Crippen molar-refractivity contribution in [3.63, 3.8) is 0 Å². The van der Waals surface area contributed by atoms with E-state index in [1.54, 1.807) is 19.2 Å². The fraction of sp³-hybridized carbons (Fsp3) is 0.276. The molecule has 2 N–H and O–H groups in total. The van der Waals surface area contributed by atoms with E-state index in [0.29, 0.717) is 10.9 Å². The van der Waals surface area contributed by atoms with Gasteiger partial charge in [0.05, 0.1) is 38.5 Å². The quantitative estimate of drug-likeness (QED) is 0.289. The first kappa shape index (κ1) is 28.2. The molecule has 3 heterocycles. The van der Waals surface area contributed by atoms with Crippen LogP contribution in [0, 0.1) is 12.7 Å². The van der Waals surface area contributed by atoms with Crippen LogP contribution in [0.1, 0.15) is 33.1 Å². The lowest BCUT2D eigenvalue weighted by Crippen LogP contribution is -2.51. The molecule has 7 nitrogen and oxygen atoms in total. The van der Waals surface area contributed by atoms with Gasteiger partial charge >= 0.3 is 6.18 Å². The molecule has 0 saturated heterocycles. The van der Waals surface area contributed by atoms with Gasteiger partial charge in [-0.3, -0.25) is 14.2 Å². The molecule has 2 aromatic heterocycles. The Labute approximate surface area is 231 Å². The smallest absolute Gasteiger partial charge is 0.424 e. The van der Waals surface area contributed by atoms with E-state index in [-0.39, 0.29) is 40.5 Å². The number of aromatic nitrogens is 2. The van der Waals surface area contributed by atoms with Crippen molar-refractivity contribution >= 4 is 16.8 Å². The maximum atomic E-state index is 14.5. The number of pyridine rings is 2. The number of fused-ring (bicyclic) bond motifs is 2. The number of carbonyl (C=O) groups excluding carboxylic acids is 1. The molecule has 1 unspecified atom stereocenters. The highest BCUT2D eigenvalue weighted by atomic mass is 19.4. The van der Waals surface area contributed by atoms with Crippen LogP contribution in [0.25, 0.3) is 22.2 Å². The highest BCUT2D eigenvalue weighted by Crippen LogP contribution is 2.46. The van der Waals surface area contributed by atoms with Crippen LogP contribution in [0.2, 0.25) is 0 Å². The van der Waals surface area contributed by atoms with Gasteiger partial charge in [0, 0.05) is 28.3 Å². The zero-order chi connectivity index (χ0) is 29.5. The molecule has 41 heavy (non-hydrogen) atoms. The number of ether oxygens (including phenoxy) is 2. The molecule has 1 aliphatic heterocycles. The highest BCUT2D eigenvalue weighted by molar-refractivity contribution is 6.00. The Hall–Kier alpha value is -4.32. The molecule has 12 heteroatoms. The van der Waals surface area contributed by atoms with Gasteiger partial charge in [0.2, 0.25) is 5.60 Å². The maximum absolute atomic E-state index is 14.5. The number of halogens is 5. The van der Waals surface area contributed by atoms with Crippen molar-refractivity contribution in [3.8, 4) is 22.8 Å². The second-order valence-electron chi connectivity index (χ2n) is 9.75. The molecule has 0 radical (unpaired) electrons. The van der Waals surface area contributed by atoms with Crippen LogP contribution < -0.4 is 14.8 Å². The Morgan fingerprint density at radius 1 is 1.17 bits per heavy atom. The van der Waals surface area contributed by atoms with E-state index in [1.165, 1.54) is 31.4 Å². The topological polar surface area (TPSA) is 93.6 Å². The lowest BCUT2D eigenvalue weighted by Gasteiger charge is -2.31. The van der Waals surface area contributed by atoms with E-state index >= 15 is 0 Å². The molecule has 0 aliphatic carbocycles. The number of nitrogens with zero attached hydrogens (tertiary/aromatic N) is 2. The molecular formula is C29H24F5N3O4. The van der Waals surface area contributed by atoms with Gasteiger partial charge in [0.1, 0.15) is 28.5 Å². The van der Waals surface area contributed by atoms with Crippen LogP contribution in [0.15, 0.2) is 54.7 Å². The van der Waals surface area contributed by atoms with Crippen molar-refractivity contribution in [2.24, 2.45) is 0 Å². The second kappa shape index (κ2) is 10.6. The minimum Gasteiger partial charge on any atom is -0.494 e. The van der Waals surface area contributed by atoms with Gasteiger partial charge in [0.15, 0.2) is 0 Å². The lowest BCUT2D eigenvalue weighted by molar-refractivity contribution is -0.265. The number of hydrogen-bond acceptors (Lipinski definition) is 6. The molecule has 0 spiro atoms. The van der Waals surface area contributed by atoms with Crippen LogP contribution in [-0.4, -0.2) is 54.1 Å². The largest absolute Gasteiger partial charge is 0.494 e. The van der Waals surface area contributed by atoms with Crippen molar-refractivity contribution in [2.45, 2.75) is 24.6 Å². The van der Waals surface area contributed by atoms with Gasteiger partial charge in [0.25, 0.3) is 5.91 Å². The molecule has 0 fully saturated rings. The second-order valence-corrected chi connectivity index (χ2v) is 9.75. The zero-order valence-electron chi connectivity index (χ0n) is 21.9. The summed E-state index contributed by atoms with van der Waals surface area (Å²) in [5.74, 6) is -2.13. The molecule has 0 saturated carbocycles. The number of amides is 1. The minimum atomic E-state index is -5.31. The number of alkyl halides is 4. The van der Waals surface area contributed by atoms with Gasteiger partial charge in [-0.1, -0.05) is 0 Å². The third-order valence-corrected chi connectivity index (χ3v) is 6.94. The molecular weight excluding hydrogens is 549 g/mol. The Morgan fingerprint density at radius 3 is 2.56 bits per heavy atom. The number of benzene rings is 2. The predicted octanol–water partition coefficient (Wildman–Crippen LogP) is 5.38. The normalized spacial score (nSPS) is 16.1. The summed E-state index contributed by atoms with van der Waals surface area (Å²) in [6, 6.07) is 10.2. The fourth-order valence-corrected chi connectivity index (χ4v) is 4.68. The van der Waals surface area contributed by atoms with Gasteiger partial charge in [-0.05, 0) is 61.0 Å². The Morgan fingerprint density at radius 2 is 1.90 bits per heavy atom. The molecule has 2 aromatic carbocycles. The number of rotatable bonds is 7. The summed E-state index contributed by atoms with van der Waals surface area (Å²) >= 11 is 0. The number of aliphatic hydroxyl groups is 1. The first-order chi connectivity index (χ1) is 19.4. The number of methoxy groups -OCH3 is 1. The fourth-order valence-electron chi connectivity index (χ4n) is 4.68. The zero-order valence-corrected chi connectivity index (χ0v) is 21.9. The van der Waals surface area contributed by atoms with Gasteiger partial charge in [-0.2, -0.15) is 13.2 Å². The minimum absolute atomic E-state index is 0.0221. The first-order valence-corrected chi connectivity index (χ1v) is 12.5. The van der Waals surface area contributed by atoms with E-state index in [9.17, 15) is 31.9 Å². The number of aryl methyl sites for hydroxylation is 1. The van der Waals surface area contributed by atoms with E-state index in [1.807, 2.05) is 0 Å². The Bertz CT molecular complexity index is 1630. The van der Waals surface area contributed by atoms with E-state index in [4.69, 9.17) is 9.47 Å². The summed E-state index contributed by atoms with van der Waals surface area (Å²) in [6.07, 6.45) is -3.70. The number of carbonyl (C=O) groups is 1. The van der Waals surface area contributed by atoms with E-state index in [0.717, 1.165) is 23.8 Å². The first-order valence-electron chi connectivity index (χ1n) is 12.5. The van der Waals surface area contributed by atoms with Crippen molar-refractivity contribution in [2.75, 3.05) is 26.9 Å². The molecule has 4 aromatic rings. The summed E-state index contributed by atoms with van der Waals surface area (Å²) in [5.41, 5.74) is -3.16. The molecule has 0 bridgehead atoms. The molecule has 1 aliphatic rings. The van der Waals surface area contributed by atoms with Crippen LogP contribution in [0.4, 0.5) is 22.0 Å². The molecule has 214 valence electrons. The standard InChI is InChI=1S/C29H24F5N3O4/c1-15-7-17-8-18(9-22(40-2)24(17)35-12-15)27(38)36-14-28(39,29(32,33)34)23-10-21-19(11-30)13-41-26(21)25(37-23)16-3-5-20(31)6-4-16/h3-10,12,19,39H,11,13-14H2,1-2H3,(H,36,38)/t19?,28-/m0/s1. The Kier molecular flexibility index (Phi) is 7.28. The summed E-state index contributed by atoms with van der Waals surface area (Å²) in [7, 11) is 1.37. The van der Waals surface area contributed by atoms with Crippen molar-refractivity contribution < 1.29 is 41.3 Å². The van der Waals surface area contributed by atoms with Gasteiger partial charge < -0.3 is 19.9 Å². The molecule has 5 rings (SSSR count). The number of nitrogens with one attached hydrogen (secondary N) is 1. The van der Waals surface area contributed by atoms with Crippen molar-refractivity contribution in [1.82, 2.24) is 15.3 Å². The van der Waals surface area contributed by atoms with E-state index in [2.05, 4.69) is 15.3 Å². The summed E-state index contributed by atoms with van der Waals surface area (Å²) in [4.78, 5) is 21.4.